The fourth-order valence-electron chi connectivity index (χ4n) is 0.999. The van der Waals surface area contributed by atoms with Gasteiger partial charge in [-0.25, -0.2) is 0 Å². The van der Waals surface area contributed by atoms with Gasteiger partial charge in [-0.3, -0.25) is 4.18 Å². The molecule has 0 radical (unpaired) electrons. The number of alkyl halides is 1. The SMILES string of the molecule is CS(=O)(=O)OCCOCCCCCCCl. The van der Waals surface area contributed by atoms with E-state index in [1.165, 1.54) is 0 Å². The highest BCUT2D eigenvalue weighted by Crippen LogP contribution is 2.01. The summed E-state index contributed by atoms with van der Waals surface area (Å²) in [6.07, 6.45) is 5.26. The molecule has 4 nitrogen and oxygen atoms in total. The molecule has 0 aliphatic heterocycles. The van der Waals surface area contributed by atoms with Gasteiger partial charge in [-0.2, -0.15) is 8.42 Å². The Hall–Kier alpha value is 0.160. The number of unbranched alkanes of at least 4 members (excludes halogenated alkanes) is 3. The van der Waals surface area contributed by atoms with Gasteiger partial charge < -0.3 is 4.74 Å². The Morgan fingerprint density at radius 2 is 1.67 bits per heavy atom. The van der Waals surface area contributed by atoms with Crippen LogP contribution in [0.1, 0.15) is 25.7 Å². The smallest absolute Gasteiger partial charge is 0.264 e. The quantitative estimate of drug-likeness (QED) is 0.341. The molecule has 0 fully saturated rings. The Morgan fingerprint density at radius 1 is 1.00 bits per heavy atom. The molecule has 0 N–H and O–H groups in total. The summed E-state index contributed by atoms with van der Waals surface area (Å²) in [5.74, 6) is 0.711. The molecule has 0 atom stereocenters. The van der Waals surface area contributed by atoms with E-state index < -0.39 is 10.1 Å². The van der Waals surface area contributed by atoms with Crippen molar-refractivity contribution in [2.75, 3.05) is 32.0 Å². The van der Waals surface area contributed by atoms with Crippen molar-refractivity contribution in [1.82, 2.24) is 0 Å². The maximum absolute atomic E-state index is 10.5. The summed E-state index contributed by atoms with van der Waals surface area (Å²) < 4.78 is 30.8. The number of halogens is 1. The highest BCUT2D eigenvalue weighted by molar-refractivity contribution is 7.85. The second-order valence-electron chi connectivity index (χ2n) is 3.24. The van der Waals surface area contributed by atoms with Gasteiger partial charge in [0, 0.05) is 12.5 Å². The molecule has 15 heavy (non-hydrogen) atoms. The lowest BCUT2D eigenvalue weighted by Crippen LogP contribution is -2.10. The fraction of sp³-hybridized carbons (Fsp3) is 1.00. The van der Waals surface area contributed by atoms with Crippen LogP contribution in [-0.2, 0) is 19.0 Å². The third kappa shape index (κ3) is 14.2. The first-order valence-electron chi connectivity index (χ1n) is 5.04. The summed E-state index contributed by atoms with van der Waals surface area (Å²) in [4.78, 5) is 0. The molecule has 0 amide bonds. The number of rotatable bonds is 10. The van der Waals surface area contributed by atoms with Crippen LogP contribution in [0.25, 0.3) is 0 Å². The lowest BCUT2D eigenvalue weighted by molar-refractivity contribution is 0.0994. The lowest BCUT2D eigenvalue weighted by Gasteiger charge is -2.03. The fourth-order valence-corrected chi connectivity index (χ4v) is 1.56. The molecular weight excluding hydrogens is 240 g/mol. The number of ether oxygens (including phenoxy) is 1. The molecule has 0 spiro atoms. The molecule has 0 unspecified atom stereocenters. The number of hydrogen-bond donors (Lipinski definition) is 0. The van der Waals surface area contributed by atoms with E-state index in [9.17, 15) is 8.42 Å². The normalized spacial score (nSPS) is 11.9. The average molecular weight is 259 g/mol. The predicted molar refractivity (Wildman–Crippen MR) is 60.8 cm³/mol. The van der Waals surface area contributed by atoms with Crippen LogP contribution >= 0.6 is 11.6 Å². The molecule has 0 bridgehead atoms. The second-order valence-corrected chi connectivity index (χ2v) is 5.26. The van der Waals surface area contributed by atoms with Gasteiger partial charge in [0.15, 0.2) is 0 Å². The van der Waals surface area contributed by atoms with E-state index in [1.807, 2.05) is 0 Å². The molecule has 6 heteroatoms. The van der Waals surface area contributed by atoms with E-state index in [-0.39, 0.29) is 6.61 Å². The van der Waals surface area contributed by atoms with Crippen molar-refractivity contribution in [2.45, 2.75) is 25.7 Å². The molecule has 0 heterocycles. The van der Waals surface area contributed by atoms with E-state index in [0.717, 1.165) is 31.9 Å². The zero-order valence-electron chi connectivity index (χ0n) is 9.08. The summed E-state index contributed by atoms with van der Waals surface area (Å²) >= 11 is 5.52. The van der Waals surface area contributed by atoms with Crippen LogP contribution in [0.3, 0.4) is 0 Å². The van der Waals surface area contributed by atoms with Crippen molar-refractivity contribution in [3.8, 4) is 0 Å². The number of hydrogen-bond acceptors (Lipinski definition) is 4. The maximum atomic E-state index is 10.5. The van der Waals surface area contributed by atoms with Crippen molar-refractivity contribution >= 4 is 21.7 Å². The van der Waals surface area contributed by atoms with Crippen molar-refractivity contribution in [1.29, 1.82) is 0 Å². The van der Waals surface area contributed by atoms with Crippen molar-refractivity contribution in [2.24, 2.45) is 0 Å². The van der Waals surface area contributed by atoms with E-state index >= 15 is 0 Å². The first kappa shape index (κ1) is 15.2. The van der Waals surface area contributed by atoms with Crippen molar-refractivity contribution < 1.29 is 17.3 Å². The van der Waals surface area contributed by atoms with Gasteiger partial charge >= 0.3 is 0 Å². The Labute approximate surface area is 97.0 Å². The summed E-state index contributed by atoms with van der Waals surface area (Å²) in [7, 11) is -3.32. The van der Waals surface area contributed by atoms with Gasteiger partial charge in [0.1, 0.15) is 0 Å². The molecule has 0 aromatic heterocycles. The van der Waals surface area contributed by atoms with Gasteiger partial charge in [0.2, 0.25) is 0 Å². The molecule has 0 aliphatic carbocycles. The van der Waals surface area contributed by atoms with E-state index in [4.69, 9.17) is 16.3 Å². The van der Waals surface area contributed by atoms with Crippen molar-refractivity contribution in [3.63, 3.8) is 0 Å². The largest absolute Gasteiger partial charge is 0.379 e. The minimum absolute atomic E-state index is 0.0977. The topological polar surface area (TPSA) is 52.6 Å². The lowest BCUT2D eigenvalue weighted by atomic mass is 10.2. The average Bonchev–Trinajstić information content (AvgIpc) is 2.14. The van der Waals surface area contributed by atoms with Gasteiger partial charge in [0.25, 0.3) is 10.1 Å². The minimum atomic E-state index is -3.32. The second kappa shape index (κ2) is 9.39. The van der Waals surface area contributed by atoms with Gasteiger partial charge in [-0.1, -0.05) is 12.8 Å². The molecule has 0 rings (SSSR count). The van der Waals surface area contributed by atoms with E-state index in [1.54, 1.807) is 0 Å². The first-order valence-corrected chi connectivity index (χ1v) is 7.39. The molecule has 0 aromatic rings. The van der Waals surface area contributed by atoms with Crippen LogP contribution in [0.2, 0.25) is 0 Å². The molecular formula is C9H19ClO4S. The summed E-state index contributed by atoms with van der Waals surface area (Å²) in [6, 6.07) is 0. The third-order valence-electron chi connectivity index (χ3n) is 1.70. The Kier molecular flexibility index (Phi) is 9.49. The van der Waals surface area contributed by atoms with Crippen LogP contribution in [0.5, 0.6) is 0 Å². The predicted octanol–water partition coefficient (Wildman–Crippen LogP) is 1.78. The monoisotopic (exact) mass is 258 g/mol. The van der Waals surface area contributed by atoms with Crippen LogP contribution in [-0.4, -0.2) is 40.4 Å². The van der Waals surface area contributed by atoms with Gasteiger partial charge in [0.05, 0.1) is 19.5 Å². The van der Waals surface area contributed by atoms with Gasteiger partial charge in [-0.05, 0) is 12.8 Å². The van der Waals surface area contributed by atoms with Crippen molar-refractivity contribution in [3.05, 3.63) is 0 Å². The summed E-state index contributed by atoms with van der Waals surface area (Å²) in [5, 5.41) is 0. The molecule has 0 aliphatic rings. The van der Waals surface area contributed by atoms with Crippen LogP contribution in [0.15, 0.2) is 0 Å². The Bertz CT molecular complexity index is 228. The maximum Gasteiger partial charge on any atom is 0.264 e. The van der Waals surface area contributed by atoms with Crippen LogP contribution in [0.4, 0.5) is 0 Å². The van der Waals surface area contributed by atoms with E-state index in [2.05, 4.69) is 4.18 Å². The highest BCUT2D eigenvalue weighted by Gasteiger charge is 1.99. The summed E-state index contributed by atoms with van der Waals surface area (Å²) in [5.41, 5.74) is 0. The van der Waals surface area contributed by atoms with Crippen LogP contribution in [0, 0.1) is 0 Å². The zero-order valence-corrected chi connectivity index (χ0v) is 10.6. The first-order chi connectivity index (χ1) is 7.06. The van der Waals surface area contributed by atoms with E-state index in [0.29, 0.717) is 19.1 Å². The standard InChI is InChI=1S/C9H19ClO4S/c1-15(11,12)14-9-8-13-7-5-3-2-4-6-10/h2-9H2,1H3. The Morgan fingerprint density at radius 3 is 2.27 bits per heavy atom. The van der Waals surface area contributed by atoms with Gasteiger partial charge in [-0.15, -0.1) is 11.6 Å². The molecule has 92 valence electrons. The van der Waals surface area contributed by atoms with Crippen LogP contribution < -0.4 is 0 Å². The zero-order chi connectivity index (χ0) is 11.6. The molecule has 0 aromatic carbocycles. The minimum Gasteiger partial charge on any atom is -0.379 e. The molecule has 0 saturated heterocycles. The Balaban J connectivity index is 3.06. The molecule has 0 saturated carbocycles. The third-order valence-corrected chi connectivity index (χ3v) is 2.56. The highest BCUT2D eigenvalue weighted by atomic mass is 35.5. The summed E-state index contributed by atoms with van der Waals surface area (Å²) in [6.45, 7) is 1.07.